The first-order chi connectivity index (χ1) is 9.98. The lowest BCUT2D eigenvalue weighted by molar-refractivity contribution is 0.0635. The molecule has 1 amide bonds. The van der Waals surface area contributed by atoms with Gasteiger partial charge in [-0.3, -0.25) is 5.32 Å². The van der Waals surface area contributed by atoms with Gasteiger partial charge in [0.1, 0.15) is 15.4 Å². The van der Waals surface area contributed by atoms with Crippen molar-refractivity contribution >= 4 is 38.9 Å². The van der Waals surface area contributed by atoms with E-state index >= 15 is 0 Å². The molecule has 0 aromatic carbocycles. The molecule has 1 rings (SSSR count). The van der Waals surface area contributed by atoms with Gasteiger partial charge < -0.3 is 9.84 Å². The second-order valence-electron chi connectivity index (χ2n) is 5.55. The normalized spacial score (nSPS) is 12.0. The van der Waals surface area contributed by atoms with Crippen LogP contribution in [0.5, 0.6) is 0 Å². The SMILES string of the molecule is CCCS(=O)(=O)c1csc(C(=O)O)c1NC(=O)OC(C)(C)C. The summed E-state index contributed by atoms with van der Waals surface area (Å²) in [5.41, 5.74) is -1.02. The zero-order valence-electron chi connectivity index (χ0n) is 12.8. The summed E-state index contributed by atoms with van der Waals surface area (Å²) in [5, 5.41) is 12.6. The summed E-state index contributed by atoms with van der Waals surface area (Å²) in [6, 6.07) is 0. The van der Waals surface area contributed by atoms with E-state index in [0.717, 1.165) is 11.3 Å². The van der Waals surface area contributed by atoms with Crippen LogP contribution in [0.15, 0.2) is 10.3 Å². The van der Waals surface area contributed by atoms with Crippen LogP contribution in [0.3, 0.4) is 0 Å². The molecule has 124 valence electrons. The minimum Gasteiger partial charge on any atom is -0.477 e. The predicted molar refractivity (Wildman–Crippen MR) is 83.5 cm³/mol. The Kier molecular flexibility index (Phi) is 5.58. The standard InChI is InChI=1S/C13H19NO6S2/c1-5-6-22(18,19)8-7-21-10(11(15)16)9(8)14-12(17)20-13(2,3)4/h7H,5-6H2,1-4H3,(H,14,17)(H,15,16). The third-order valence-electron chi connectivity index (χ3n) is 2.39. The van der Waals surface area contributed by atoms with Gasteiger partial charge >= 0.3 is 12.1 Å². The molecule has 0 saturated carbocycles. The second kappa shape index (κ2) is 6.66. The quantitative estimate of drug-likeness (QED) is 0.845. The maximum Gasteiger partial charge on any atom is 0.412 e. The Hall–Kier alpha value is -1.61. The number of carbonyl (C=O) groups excluding carboxylic acids is 1. The number of carboxylic acids is 1. The van der Waals surface area contributed by atoms with Crippen molar-refractivity contribution in [2.75, 3.05) is 11.1 Å². The van der Waals surface area contributed by atoms with Crippen LogP contribution in [-0.2, 0) is 14.6 Å². The highest BCUT2D eigenvalue weighted by atomic mass is 32.2. The highest BCUT2D eigenvalue weighted by Crippen LogP contribution is 2.33. The number of hydrogen-bond donors (Lipinski definition) is 2. The Morgan fingerprint density at radius 3 is 2.41 bits per heavy atom. The Balaban J connectivity index is 3.23. The minimum absolute atomic E-state index is 0.133. The summed E-state index contributed by atoms with van der Waals surface area (Å²) < 4.78 is 29.4. The number of rotatable bonds is 5. The number of carboxylic acid groups (broad SMARTS) is 1. The fourth-order valence-electron chi connectivity index (χ4n) is 1.63. The molecule has 0 bridgehead atoms. The molecule has 22 heavy (non-hydrogen) atoms. The van der Waals surface area contributed by atoms with Crippen molar-refractivity contribution in [2.24, 2.45) is 0 Å². The summed E-state index contributed by atoms with van der Waals surface area (Å²) in [6.45, 7) is 6.64. The van der Waals surface area contributed by atoms with Crippen LogP contribution in [-0.4, -0.2) is 36.9 Å². The number of nitrogens with one attached hydrogen (secondary N) is 1. The zero-order valence-corrected chi connectivity index (χ0v) is 14.4. The van der Waals surface area contributed by atoms with Crippen molar-refractivity contribution in [1.82, 2.24) is 0 Å². The van der Waals surface area contributed by atoms with E-state index in [1.165, 1.54) is 5.38 Å². The van der Waals surface area contributed by atoms with Crippen LogP contribution >= 0.6 is 11.3 Å². The van der Waals surface area contributed by atoms with E-state index in [0.29, 0.717) is 6.42 Å². The van der Waals surface area contributed by atoms with Gasteiger partial charge in [-0.2, -0.15) is 0 Å². The van der Waals surface area contributed by atoms with Gasteiger partial charge in [0.15, 0.2) is 9.84 Å². The first kappa shape index (κ1) is 18.4. The number of ether oxygens (including phenoxy) is 1. The predicted octanol–water partition coefficient (Wildman–Crippen LogP) is 2.98. The third-order valence-corrected chi connectivity index (χ3v) is 5.44. The lowest BCUT2D eigenvalue weighted by Crippen LogP contribution is -2.28. The van der Waals surface area contributed by atoms with Gasteiger partial charge in [0.2, 0.25) is 0 Å². The molecule has 0 saturated heterocycles. The lowest BCUT2D eigenvalue weighted by Gasteiger charge is -2.20. The van der Waals surface area contributed by atoms with E-state index in [1.54, 1.807) is 27.7 Å². The second-order valence-corrected chi connectivity index (χ2v) is 8.51. The molecule has 7 nitrogen and oxygen atoms in total. The number of aromatic carboxylic acids is 1. The summed E-state index contributed by atoms with van der Waals surface area (Å²) in [6.07, 6.45) is -0.520. The first-order valence-electron chi connectivity index (χ1n) is 6.55. The Labute approximate surface area is 133 Å². The number of hydrogen-bond acceptors (Lipinski definition) is 6. The van der Waals surface area contributed by atoms with E-state index in [9.17, 15) is 18.0 Å². The van der Waals surface area contributed by atoms with Gasteiger partial charge in [-0.1, -0.05) is 6.92 Å². The van der Waals surface area contributed by atoms with E-state index in [1.807, 2.05) is 0 Å². The minimum atomic E-state index is -3.67. The molecule has 0 spiro atoms. The monoisotopic (exact) mass is 349 g/mol. The molecule has 0 aliphatic carbocycles. The lowest BCUT2D eigenvalue weighted by atomic mass is 10.2. The van der Waals surface area contributed by atoms with Gasteiger partial charge in [-0.25, -0.2) is 18.0 Å². The van der Waals surface area contributed by atoms with Crippen molar-refractivity contribution in [1.29, 1.82) is 0 Å². The zero-order chi connectivity index (χ0) is 17.1. The van der Waals surface area contributed by atoms with Crippen LogP contribution in [0.1, 0.15) is 43.8 Å². The number of anilines is 1. The van der Waals surface area contributed by atoms with Crippen molar-refractivity contribution in [3.8, 4) is 0 Å². The summed E-state index contributed by atoms with van der Waals surface area (Å²) in [4.78, 5) is 22.6. The summed E-state index contributed by atoms with van der Waals surface area (Å²) in [5.74, 6) is -1.44. The molecule has 0 fully saturated rings. The molecule has 0 aliphatic rings. The van der Waals surface area contributed by atoms with Crippen LogP contribution in [0.2, 0.25) is 0 Å². The number of sulfone groups is 1. The number of thiophene rings is 1. The average molecular weight is 349 g/mol. The number of amides is 1. The van der Waals surface area contributed by atoms with Crippen molar-refractivity contribution in [2.45, 2.75) is 44.6 Å². The first-order valence-corrected chi connectivity index (χ1v) is 9.08. The largest absolute Gasteiger partial charge is 0.477 e. The molecular weight excluding hydrogens is 330 g/mol. The molecular formula is C13H19NO6S2. The highest BCUT2D eigenvalue weighted by Gasteiger charge is 2.28. The molecule has 1 heterocycles. The smallest absolute Gasteiger partial charge is 0.412 e. The van der Waals surface area contributed by atoms with Gasteiger partial charge in [0.05, 0.1) is 11.4 Å². The Morgan fingerprint density at radius 2 is 1.95 bits per heavy atom. The fourth-order valence-corrected chi connectivity index (χ4v) is 4.37. The Morgan fingerprint density at radius 1 is 1.36 bits per heavy atom. The van der Waals surface area contributed by atoms with Gasteiger partial charge in [-0.05, 0) is 27.2 Å². The molecule has 1 aromatic heterocycles. The fraction of sp³-hybridized carbons (Fsp3) is 0.538. The van der Waals surface area contributed by atoms with Gasteiger partial charge in [0.25, 0.3) is 0 Å². The molecule has 0 unspecified atom stereocenters. The maximum atomic E-state index is 12.2. The number of carbonyl (C=O) groups is 2. The molecule has 0 aliphatic heterocycles. The van der Waals surface area contributed by atoms with E-state index in [4.69, 9.17) is 9.84 Å². The summed E-state index contributed by atoms with van der Waals surface area (Å²) in [7, 11) is -3.67. The third kappa shape index (κ3) is 4.70. The van der Waals surface area contributed by atoms with E-state index < -0.39 is 27.5 Å². The van der Waals surface area contributed by atoms with Crippen LogP contribution in [0, 0.1) is 0 Å². The molecule has 9 heteroatoms. The average Bonchev–Trinajstić information content (AvgIpc) is 2.70. The van der Waals surface area contributed by atoms with Crippen molar-refractivity contribution in [3.63, 3.8) is 0 Å². The van der Waals surface area contributed by atoms with Crippen molar-refractivity contribution < 1.29 is 27.9 Å². The summed E-state index contributed by atoms with van der Waals surface area (Å²) >= 11 is 0.748. The van der Waals surface area contributed by atoms with Crippen molar-refractivity contribution in [3.05, 3.63) is 10.3 Å². The van der Waals surface area contributed by atoms with Crippen LogP contribution < -0.4 is 5.32 Å². The maximum absolute atomic E-state index is 12.2. The van der Waals surface area contributed by atoms with E-state index in [-0.39, 0.29) is 21.2 Å². The highest BCUT2D eigenvalue weighted by molar-refractivity contribution is 7.91. The van der Waals surface area contributed by atoms with Crippen LogP contribution in [0.25, 0.3) is 0 Å². The van der Waals surface area contributed by atoms with E-state index in [2.05, 4.69) is 5.32 Å². The van der Waals surface area contributed by atoms with Crippen LogP contribution in [0.4, 0.5) is 10.5 Å². The van der Waals surface area contributed by atoms with Gasteiger partial charge in [0, 0.05) is 5.38 Å². The Bertz CT molecular complexity index is 669. The topological polar surface area (TPSA) is 110 Å². The van der Waals surface area contributed by atoms with Gasteiger partial charge in [-0.15, -0.1) is 11.3 Å². The molecule has 0 atom stereocenters. The molecule has 2 N–H and O–H groups in total. The molecule has 0 radical (unpaired) electrons. The molecule has 1 aromatic rings.